The molecule has 0 saturated heterocycles. The lowest BCUT2D eigenvalue weighted by Crippen LogP contribution is -2.25. The monoisotopic (exact) mass is 173 g/mol. The number of halogens is 1. The van der Waals surface area contributed by atoms with Crippen molar-refractivity contribution in [3.05, 3.63) is 6.54 Å². The summed E-state index contributed by atoms with van der Waals surface area (Å²) in [7, 11) is 0. The van der Waals surface area contributed by atoms with Crippen molar-refractivity contribution in [3.8, 4) is 0 Å². The second-order valence-corrected chi connectivity index (χ2v) is 3.84. The molecule has 3 heteroatoms. The van der Waals surface area contributed by atoms with Crippen LogP contribution in [0, 0.1) is 6.54 Å². The first-order valence-corrected chi connectivity index (χ1v) is 4.31. The fourth-order valence-electron chi connectivity index (χ4n) is 1.04. The molecular weight excluding hydrogens is 160 g/mol. The Labute approximate surface area is 73.2 Å². The Morgan fingerprint density at radius 1 is 1.73 bits per heavy atom. The first-order valence-electron chi connectivity index (χ1n) is 3.93. The molecule has 0 bridgehead atoms. The number of nitrogens with zero attached hydrogens (tertiary/aromatic N) is 2. The van der Waals surface area contributed by atoms with E-state index in [4.69, 9.17) is 11.6 Å². The molecular formula is C8H14ClN2. The molecule has 0 aromatic heterocycles. The van der Waals surface area contributed by atoms with Crippen molar-refractivity contribution in [1.29, 1.82) is 0 Å². The van der Waals surface area contributed by atoms with Gasteiger partial charge in [-0.25, -0.2) is 0 Å². The molecule has 1 atom stereocenters. The van der Waals surface area contributed by atoms with Crippen molar-refractivity contribution < 1.29 is 0 Å². The van der Waals surface area contributed by atoms with Crippen LogP contribution < -0.4 is 0 Å². The van der Waals surface area contributed by atoms with Crippen molar-refractivity contribution in [3.63, 3.8) is 0 Å². The van der Waals surface area contributed by atoms with Gasteiger partial charge in [-0.05, 0) is 20.3 Å². The molecule has 1 aliphatic rings. The lowest BCUT2D eigenvalue weighted by Gasteiger charge is -2.16. The first kappa shape index (κ1) is 8.85. The minimum atomic E-state index is -0.352. The minimum absolute atomic E-state index is 0.352. The third-order valence-corrected chi connectivity index (χ3v) is 2.20. The van der Waals surface area contributed by atoms with Crippen LogP contribution in [0.15, 0.2) is 5.10 Å². The number of alkyl halides is 1. The molecule has 63 valence electrons. The van der Waals surface area contributed by atoms with Crippen LogP contribution in [0.1, 0.15) is 27.2 Å². The molecule has 0 saturated carbocycles. The lowest BCUT2D eigenvalue weighted by molar-refractivity contribution is 0.362. The third kappa shape index (κ3) is 1.86. The molecule has 1 heterocycles. The van der Waals surface area contributed by atoms with Crippen LogP contribution in [0.4, 0.5) is 0 Å². The summed E-state index contributed by atoms with van der Waals surface area (Å²) >= 11 is 6.12. The van der Waals surface area contributed by atoms with Gasteiger partial charge in [-0.3, -0.25) is 5.01 Å². The fourth-order valence-corrected chi connectivity index (χ4v) is 1.19. The summed E-state index contributed by atoms with van der Waals surface area (Å²) in [5.74, 6) is 0. The Bertz CT molecular complexity index is 175. The maximum Gasteiger partial charge on any atom is 0.105 e. The van der Waals surface area contributed by atoms with E-state index in [-0.39, 0.29) is 4.87 Å². The van der Waals surface area contributed by atoms with Gasteiger partial charge in [0, 0.05) is 6.54 Å². The molecule has 1 unspecified atom stereocenters. The van der Waals surface area contributed by atoms with E-state index in [1.165, 1.54) is 0 Å². The topological polar surface area (TPSA) is 15.6 Å². The van der Waals surface area contributed by atoms with Crippen LogP contribution in [-0.4, -0.2) is 22.1 Å². The van der Waals surface area contributed by atoms with Gasteiger partial charge in [0.1, 0.15) is 4.87 Å². The average molecular weight is 174 g/mol. The summed E-state index contributed by atoms with van der Waals surface area (Å²) in [6, 6.07) is 0. The maximum atomic E-state index is 6.12. The Balaban J connectivity index is 2.56. The molecule has 2 nitrogen and oxygen atoms in total. The van der Waals surface area contributed by atoms with E-state index in [1.807, 2.05) is 25.4 Å². The molecule has 0 aliphatic carbocycles. The predicted molar refractivity (Wildman–Crippen MR) is 48.7 cm³/mol. The summed E-state index contributed by atoms with van der Waals surface area (Å²) in [5.41, 5.74) is 0.979. The molecule has 0 aromatic carbocycles. The maximum absolute atomic E-state index is 6.12. The zero-order valence-corrected chi connectivity index (χ0v) is 8.02. The standard InChI is InChI=1S/C8H14ClN2/c1-4-5-11-6-8(3,9)7(2)10-11/h6H,4-5H2,1-3H3. The number of hydrazone groups is 1. The van der Waals surface area contributed by atoms with Gasteiger partial charge in [0.25, 0.3) is 0 Å². The van der Waals surface area contributed by atoms with Gasteiger partial charge < -0.3 is 0 Å². The number of hydrogen-bond donors (Lipinski definition) is 0. The van der Waals surface area contributed by atoms with E-state index in [2.05, 4.69) is 12.0 Å². The molecule has 0 spiro atoms. The average Bonchev–Trinajstić information content (AvgIpc) is 2.08. The minimum Gasteiger partial charge on any atom is -0.290 e. The number of rotatable bonds is 2. The lowest BCUT2D eigenvalue weighted by atomic mass is 10.1. The van der Waals surface area contributed by atoms with Crippen LogP contribution in [0.2, 0.25) is 0 Å². The molecule has 0 aromatic rings. The highest BCUT2D eigenvalue weighted by Crippen LogP contribution is 2.28. The molecule has 1 radical (unpaired) electrons. The zero-order valence-electron chi connectivity index (χ0n) is 7.26. The molecule has 1 rings (SSSR count). The van der Waals surface area contributed by atoms with Gasteiger partial charge in [-0.1, -0.05) is 6.92 Å². The van der Waals surface area contributed by atoms with Crippen molar-refractivity contribution in [2.75, 3.05) is 6.54 Å². The normalized spacial score (nSPS) is 30.9. The molecule has 0 N–H and O–H groups in total. The molecule has 1 aliphatic heterocycles. The SMILES string of the molecule is CCCN1[CH]C(C)(Cl)C(C)=N1. The highest BCUT2D eigenvalue weighted by atomic mass is 35.5. The highest BCUT2D eigenvalue weighted by molar-refractivity contribution is 6.37. The summed E-state index contributed by atoms with van der Waals surface area (Å²) in [6.45, 7) is 8.97. The Hall–Kier alpha value is -0.240. The zero-order chi connectivity index (χ0) is 8.48. The van der Waals surface area contributed by atoms with E-state index < -0.39 is 0 Å². The van der Waals surface area contributed by atoms with Crippen LogP contribution in [0.5, 0.6) is 0 Å². The van der Waals surface area contributed by atoms with Crippen LogP contribution >= 0.6 is 11.6 Å². The van der Waals surface area contributed by atoms with Crippen molar-refractivity contribution in [1.82, 2.24) is 5.01 Å². The van der Waals surface area contributed by atoms with Gasteiger partial charge >= 0.3 is 0 Å². The molecule has 11 heavy (non-hydrogen) atoms. The fraction of sp³-hybridized carbons (Fsp3) is 0.750. The van der Waals surface area contributed by atoms with E-state index in [9.17, 15) is 0 Å². The van der Waals surface area contributed by atoms with Gasteiger partial charge in [-0.2, -0.15) is 5.10 Å². The van der Waals surface area contributed by atoms with Crippen LogP contribution in [0.25, 0.3) is 0 Å². The van der Waals surface area contributed by atoms with E-state index in [0.29, 0.717) is 0 Å². The smallest absolute Gasteiger partial charge is 0.105 e. The molecule has 0 amide bonds. The molecule has 0 fully saturated rings. The van der Waals surface area contributed by atoms with Gasteiger partial charge in [0.15, 0.2) is 0 Å². The first-order chi connectivity index (χ1) is 5.06. The highest BCUT2D eigenvalue weighted by Gasteiger charge is 2.33. The van der Waals surface area contributed by atoms with E-state index in [0.717, 1.165) is 18.7 Å². The summed E-state index contributed by atoms with van der Waals surface area (Å²) in [5, 5.41) is 6.21. The summed E-state index contributed by atoms with van der Waals surface area (Å²) < 4.78 is 0. The summed E-state index contributed by atoms with van der Waals surface area (Å²) in [4.78, 5) is -0.352. The van der Waals surface area contributed by atoms with Gasteiger partial charge in [0.05, 0.1) is 12.3 Å². The quantitative estimate of drug-likeness (QED) is 0.585. The van der Waals surface area contributed by atoms with Crippen LogP contribution in [0.3, 0.4) is 0 Å². The Morgan fingerprint density at radius 2 is 2.36 bits per heavy atom. The Kier molecular flexibility index (Phi) is 2.43. The second-order valence-electron chi connectivity index (χ2n) is 3.05. The van der Waals surface area contributed by atoms with E-state index >= 15 is 0 Å². The predicted octanol–water partition coefficient (Wildman–Crippen LogP) is 2.25. The summed E-state index contributed by atoms with van der Waals surface area (Å²) in [6.07, 6.45) is 1.10. The van der Waals surface area contributed by atoms with Crippen LogP contribution in [-0.2, 0) is 0 Å². The van der Waals surface area contributed by atoms with Crippen molar-refractivity contribution >= 4 is 17.3 Å². The third-order valence-electron chi connectivity index (χ3n) is 1.83. The Morgan fingerprint density at radius 3 is 2.73 bits per heavy atom. The van der Waals surface area contributed by atoms with Gasteiger partial charge in [0.2, 0.25) is 0 Å². The largest absolute Gasteiger partial charge is 0.290 e. The van der Waals surface area contributed by atoms with Crippen molar-refractivity contribution in [2.45, 2.75) is 32.1 Å². The van der Waals surface area contributed by atoms with E-state index in [1.54, 1.807) is 0 Å². The number of hydrogen-bond acceptors (Lipinski definition) is 2. The van der Waals surface area contributed by atoms with Crippen molar-refractivity contribution in [2.24, 2.45) is 5.10 Å². The van der Waals surface area contributed by atoms with Gasteiger partial charge in [-0.15, -0.1) is 11.6 Å². The second kappa shape index (κ2) is 3.02.